The lowest BCUT2D eigenvalue weighted by Crippen LogP contribution is -2.09. The number of aliphatic carboxylic acids is 1. The molecule has 0 saturated carbocycles. The van der Waals surface area contributed by atoms with E-state index in [0.717, 1.165) is 0 Å². The second kappa shape index (κ2) is 4.76. The number of hydrogen-bond acceptors (Lipinski definition) is 3. The molecule has 0 aromatic heterocycles. The Morgan fingerprint density at radius 3 is 2.79 bits per heavy atom. The van der Waals surface area contributed by atoms with Gasteiger partial charge in [-0.2, -0.15) is 0 Å². The van der Waals surface area contributed by atoms with E-state index < -0.39 is 12.6 Å². The quantitative estimate of drug-likeness (QED) is 0.836. The molecule has 14 heavy (non-hydrogen) atoms. The van der Waals surface area contributed by atoms with Crippen molar-refractivity contribution < 1.29 is 19.4 Å². The summed E-state index contributed by atoms with van der Waals surface area (Å²) < 4.78 is 5.48. The molecule has 0 aliphatic carbocycles. The number of benzene rings is 1. The molecule has 0 unspecified atom stereocenters. The molecule has 1 aromatic rings. The van der Waals surface area contributed by atoms with E-state index in [9.17, 15) is 9.59 Å². The molecule has 4 nitrogen and oxygen atoms in total. The third-order valence-electron chi connectivity index (χ3n) is 1.46. The molecule has 0 saturated heterocycles. The lowest BCUT2D eigenvalue weighted by molar-refractivity contribution is -0.139. The van der Waals surface area contributed by atoms with Crippen LogP contribution in [-0.4, -0.2) is 24.0 Å². The van der Waals surface area contributed by atoms with Gasteiger partial charge in [-0.25, -0.2) is 4.79 Å². The maximum Gasteiger partial charge on any atom is 0.341 e. The highest BCUT2D eigenvalue weighted by atomic mass is 79.9. The van der Waals surface area contributed by atoms with Crippen molar-refractivity contribution in [1.82, 2.24) is 0 Å². The second-order valence-corrected chi connectivity index (χ2v) is 3.34. The summed E-state index contributed by atoms with van der Waals surface area (Å²) in [5.41, 5.74) is 0.493. The summed E-state index contributed by atoms with van der Waals surface area (Å²) in [7, 11) is 0. The third-order valence-corrected chi connectivity index (χ3v) is 2.15. The van der Waals surface area contributed by atoms with Gasteiger partial charge in [0.2, 0.25) is 0 Å². The van der Waals surface area contributed by atoms with E-state index >= 15 is 0 Å². The van der Waals surface area contributed by atoms with Crippen molar-refractivity contribution in [1.29, 1.82) is 0 Å². The molecule has 1 aromatic carbocycles. The van der Waals surface area contributed by atoms with Crippen LogP contribution in [0.4, 0.5) is 0 Å². The van der Waals surface area contributed by atoms with Crippen molar-refractivity contribution >= 4 is 28.2 Å². The first kappa shape index (κ1) is 10.7. The van der Waals surface area contributed by atoms with Gasteiger partial charge in [0.25, 0.3) is 0 Å². The molecule has 1 N–H and O–H groups in total. The Morgan fingerprint density at radius 1 is 1.57 bits per heavy atom. The van der Waals surface area contributed by atoms with Crippen LogP contribution in [0.5, 0.6) is 5.75 Å². The van der Waals surface area contributed by atoms with E-state index in [0.29, 0.717) is 22.1 Å². The predicted molar refractivity (Wildman–Crippen MR) is 52.7 cm³/mol. The van der Waals surface area contributed by atoms with E-state index in [1.54, 1.807) is 12.1 Å². The summed E-state index contributed by atoms with van der Waals surface area (Å²) in [6.45, 7) is -0.396. The molecule has 74 valence electrons. The van der Waals surface area contributed by atoms with Crippen LogP contribution in [0.3, 0.4) is 0 Å². The zero-order chi connectivity index (χ0) is 10.6. The van der Waals surface area contributed by atoms with Crippen LogP contribution < -0.4 is 4.74 Å². The highest BCUT2D eigenvalue weighted by molar-refractivity contribution is 9.10. The topological polar surface area (TPSA) is 63.6 Å². The molecule has 0 aliphatic heterocycles. The van der Waals surface area contributed by atoms with Gasteiger partial charge in [-0.15, -0.1) is 0 Å². The van der Waals surface area contributed by atoms with Crippen LogP contribution in [0.15, 0.2) is 22.7 Å². The number of carboxylic acid groups (broad SMARTS) is 1. The molecular formula is C9H7BrO4. The van der Waals surface area contributed by atoms with Crippen molar-refractivity contribution in [3.63, 3.8) is 0 Å². The van der Waals surface area contributed by atoms with Gasteiger partial charge in [-0.1, -0.05) is 0 Å². The minimum Gasteiger partial charge on any atom is -0.482 e. The van der Waals surface area contributed by atoms with Crippen LogP contribution in [0, 0.1) is 0 Å². The summed E-state index contributed by atoms with van der Waals surface area (Å²) in [5, 5.41) is 8.35. The molecule has 0 aliphatic rings. The Balaban J connectivity index is 2.76. The standard InChI is InChI=1S/C9H7BrO4/c10-8-3-7(14-5-9(12)13)2-1-6(8)4-11/h1-4H,5H2,(H,12,13). The van der Waals surface area contributed by atoms with Gasteiger partial charge in [-0.05, 0) is 34.1 Å². The summed E-state index contributed by atoms with van der Waals surface area (Å²) in [6.07, 6.45) is 0.699. The van der Waals surface area contributed by atoms with Gasteiger partial charge < -0.3 is 9.84 Å². The maximum absolute atomic E-state index is 10.4. The fourth-order valence-electron chi connectivity index (χ4n) is 0.838. The van der Waals surface area contributed by atoms with Gasteiger partial charge >= 0.3 is 5.97 Å². The first-order valence-electron chi connectivity index (χ1n) is 3.73. The van der Waals surface area contributed by atoms with Crippen LogP contribution in [-0.2, 0) is 4.79 Å². The fourth-order valence-corrected chi connectivity index (χ4v) is 1.29. The van der Waals surface area contributed by atoms with Crippen LogP contribution in [0.1, 0.15) is 10.4 Å². The van der Waals surface area contributed by atoms with Gasteiger partial charge in [0.1, 0.15) is 5.75 Å². The molecule has 0 bridgehead atoms. The summed E-state index contributed by atoms with van der Waals surface area (Å²) >= 11 is 3.16. The molecule has 0 heterocycles. The number of halogens is 1. The fraction of sp³-hybridized carbons (Fsp3) is 0.111. The minimum absolute atomic E-state index is 0.396. The highest BCUT2D eigenvalue weighted by Crippen LogP contribution is 2.21. The monoisotopic (exact) mass is 258 g/mol. The van der Waals surface area contributed by atoms with Crippen molar-refractivity contribution in [2.24, 2.45) is 0 Å². The highest BCUT2D eigenvalue weighted by Gasteiger charge is 2.02. The van der Waals surface area contributed by atoms with Gasteiger partial charge in [-0.3, -0.25) is 4.79 Å². The largest absolute Gasteiger partial charge is 0.482 e. The zero-order valence-corrected chi connectivity index (χ0v) is 8.65. The third kappa shape index (κ3) is 2.85. The molecule has 5 heteroatoms. The molecular weight excluding hydrogens is 252 g/mol. The Kier molecular flexibility index (Phi) is 3.64. The zero-order valence-electron chi connectivity index (χ0n) is 7.07. The molecule has 0 atom stereocenters. The van der Waals surface area contributed by atoms with Gasteiger partial charge in [0.05, 0.1) is 0 Å². The smallest absolute Gasteiger partial charge is 0.341 e. The number of aldehydes is 1. The summed E-state index contributed by atoms with van der Waals surface area (Å²) in [5.74, 6) is -0.634. The van der Waals surface area contributed by atoms with E-state index in [1.807, 2.05) is 0 Å². The first-order valence-corrected chi connectivity index (χ1v) is 4.52. The van der Waals surface area contributed by atoms with Crippen LogP contribution in [0.2, 0.25) is 0 Å². The Bertz CT molecular complexity index is 362. The number of carbonyl (C=O) groups excluding carboxylic acids is 1. The van der Waals surface area contributed by atoms with Crippen molar-refractivity contribution in [2.45, 2.75) is 0 Å². The first-order chi connectivity index (χ1) is 6.63. The minimum atomic E-state index is -1.04. The van der Waals surface area contributed by atoms with E-state index in [1.165, 1.54) is 6.07 Å². The van der Waals surface area contributed by atoms with E-state index in [2.05, 4.69) is 15.9 Å². The SMILES string of the molecule is O=Cc1ccc(OCC(=O)O)cc1Br. The Hall–Kier alpha value is -1.36. The average Bonchev–Trinajstić information content (AvgIpc) is 2.15. The van der Waals surface area contributed by atoms with Crippen molar-refractivity contribution in [3.05, 3.63) is 28.2 Å². The lowest BCUT2D eigenvalue weighted by Gasteiger charge is -2.04. The number of carboxylic acids is 1. The average molecular weight is 259 g/mol. The van der Waals surface area contributed by atoms with Crippen LogP contribution in [0.25, 0.3) is 0 Å². The number of hydrogen-bond donors (Lipinski definition) is 1. The Morgan fingerprint density at radius 2 is 2.29 bits per heavy atom. The molecule has 0 fully saturated rings. The molecule has 0 amide bonds. The number of carbonyl (C=O) groups is 2. The van der Waals surface area contributed by atoms with E-state index in [4.69, 9.17) is 9.84 Å². The molecule has 0 spiro atoms. The predicted octanol–water partition coefficient (Wildman–Crippen LogP) is 1.73. The molecule has 1 rings (SSSR count). The van der Waals surface area contributed by atoms with Gasteiger partial charge in [0, 0.05) is 10.0 Å². The normalized spacial score (nSPS) is 9.50. The van der Waals surface area contributed by atoms with Crippen molar-refractivity contribution in [2.75, 3.05) is 6.61 Å². The molecule has 0 radical (unpaired) electrons. The lowest BCUT2D eigenvalue weighted by atomic mass is 10.2. The van der Waals surface area contributed by atoms with Gasteiger partial charge in [0.15, 0.2) is 12.9 Å². The number of rotatable bonds is 4. The summed E-state index contributed by atoms with van der Waals surface area (Å²) in [4.78, 5) is 20.6. The Labute approximate surface area is 88.6 Å². The van der Waals surface area contributed by atoms with Crippen LogP contribution >= 0.6 is 15.9 Å². The second-order valence-electron chi connectivity index (χ2n) is 2.48. The van der Waals surface area contributed by atoms with E-state index in [-0.39, 0.29) is 0 Å². The maximum atomic E-state index is 10.4. The summed E-state index contributed by atoms with van der Waals surface area (Å²) in [6, 6.07) is 4.64. The van der Waals surface area contributed by atoms with Crippen molar-refractivity contribution in [3.8, 4) is 5.75 Å². The number of ether oxygens (including phenoxy) is 1.